The van der Waals surface area contributed by atoms with E-state index in [1.807, 2.05) is 14.0 Å². The predicted molar refractivity (Wildman–Crippen MR) is 50.9 cm³/mol. The lowest BCUT2D eigenvalue weighted by molar-refractivity contribution is -0.124. The Morgan fingerprint density at radius 2 is 2.33 bits per heavy atom. The summed E-state index contributed by atoms with van der Waals surface area (Å²) < 4.78 is 0. The van der Waals surface area contributed by atoms with Crippen molar-refractivity contribution in [3.05, 3.63) is 12.7 Å². The second-order valence-electron chi connectivity index (χ2n) is 2.70. The molecule has 3 heteroatoms. The molecule has 0 spiro atoms. The third-order valence-electron chi connectivity index (χ3n) is 1.73. The highest BCUT2D eigenvalue weighted by Crippen LogP contribution is 1.99. The largest absolute Gasteiger partial charge is 0.352 e. The second-order valence-corrected chi connectivity index (χ2v) is 2.70. The summed E-state index contributed by atoms with van der Waals surface area (Å²) in [5, 5.41) is 5.76. The van der Waals surface area contributed by atoms with E-state index in [4.69, 9.17) is 0 Å². The quantitative estimate of drug-likeness (QED) is 0.571. The van der Waals surface area contributed by atoms with Crippen LogP contribution < -0.4 is 10.6 Å². The minimum absolute atomic E-state index is 0.0787. The molecule has 0 aliphatic rings. The molecule has 1 atom stereocenters. The van der Waals surface area contributed by atoms with Gasteiger partial charge in [0.25, 0.3) is 0 Å². The van der Waals surface area contributed by atoms with Gasteiger partial charge in [-0.3, -0.25) is 4.79 Å². The lowest BCUT2D eigenvalue weighted by Crippen LogP contribution is -2.35. The van der Waals surface area contributed by atoms with Gasteiger partial charge in [0, 0.05) is 13.1 Å². The zero-order chi connectivity index (χ0) is 9.40. The van der Waals surface area contributed by atoms with Gasteiger partial charge in [0.05, 0.1) is 5.92 Å². The van der Waals surface area contributed by atoms with E-state index in [2.05, 4.69) is 17.2 Å². The number of hydrogen-bond acceptors (Lipinski definition) is 2. The molecule has 3 nitrogen and oxygen atoms in total. The lowest BCUT2D eigenvalue weighted by atomic mass is 10.1. The molecule has 0 aromatic carbocycles. The average molecular weight is 170 g/mol. The fourth-order valence-corrected chi connectivity index (χ4v) is 0.986. The van der Waals surface area contributed by atoms with E-state index >= 15 is 0 Å². The first-order valence-corrected chi connectivity index (χ1v) is 4.29. The summed E-state index contributed by atoms with van der Waals surface area (Å²) in [7, 11) is 1.85. The van der Waals surface area contributed by atoms with Gasteiger partial charge < -0.3 is 10.6 Å². The summed E-state index contributed by atoms with van der Waals surface area (Å²) in [5.74, 6) is 0.182. The summed E-state index contributed by atoms with van der Waals surface area (Å²) in [4.78, 5) is 11.3. The number of rotatable bonds is 6. The highest BCUT2D eigenvalue weighted by Gasteiger charge is 2.13. The standard InChI is InChI=1S/C9H18N2O/c1-4-6-11-9(12)8(5-2)7-10-3/h4,8,10H,1,5-7H2,2-3H3,(H,11,12). The summed E-state index contributed by atoms with van der Waals surface area (Å²) >= 11 is 0. The molecule has 0 heterocycles. The van der Waals surface area contributed by atoms with Gasteiger partial charge in [-0.2, -0.15) is 0 Å². The lowest BCUT2D eigenvalue weighted by Gasteiger charge is -2.12. The van der Waals surface area contributed by atoms with E-state index in [0.717, 1.165) is 13.0 Å². The maximum absolute atomic E-state index is 11.3. The van der Waals surface area contributed by atoms with Crippen LogP contribution in [0.15, 0.2) is 12.7 Å². The number of carbonyl (C=O) groups is 1. The average Bonchev–Trinajstić information content (AvgIpc) is 2.10. The van der Waals surface area contributed by atoms with Crippen LogP contribution in [0.5, 0.6) is 0 Å². The van der Waals surface area contributed by atoms with Gasteiger partial charge in [-0.1, -0.05) is 13.0 Å². The van der Waals surface area contributed by atoms with Crippen LogP contribution in [0.2, 0.25) is 0 Å². The van der Waals surface area contributed by atoms with Crippen LogP contribution in [0.25, 0.3) is 0 Å². The number of hydrogen-bond donors (Lipinski definition) is 2. The monoisotopic (exact) mass is 170 g/mol. The number of nitrogens with one attached hydrogen (secondary N) is 2. The predicted octanol–water partition coefficient (Wildman–Crippen LogP) is 0.534. The maximum atomic E-state index is 11.3. The molecular weight excluding hydrogens is 152 g/mol. The van der Waals surface area contributed by atoms with E-state index in [0.29, 0.717) is 6.54 Å². The minimum Gasteiger partial charge on any atom is -0.352 e. The van der Waals surface area contributed by atoms with E-state index in [1.54, 1.807) is 6.08 Å². The highest BCUT2D eigenvalue weighted by atomic mass is 16.1. The first-order chi connectivity index (χ1) is 5.76. The van der Waals surface area contributed by atoms with E-state index in [9.17, 15) is 4.79 Å². The second kappa shape index (κ2) is 6.85. The van der Waals surface area contributed by atoms with Crippen LogP contribution in [0.4, 0.5) is 0 Å². The van der Waals surface area contributed by atoms with Gasteiger partial charge in [0.2, 0.25) is 5.91 Å². The Balaban J connectivity index is 3.76. The fourth-order valence-electron chi connectivity index (χ4n) is 0.986. The van der Waals surface area contributed by atoms with Crippen molar-refractivity contribution in [2.45, 2.75) is 13.3 Å². The molecule has 1 amide bonds. The van der Waals surface area contributed by atoms with Crippen LogP contribution in [0.1, 0.15) is 13.3 Å². The van der Waals surface area contributed by atoms with Crippen molar-refractivity contribution in [2.24, 2.45) is 5.92 Å². The molecule has 1 unspecified atom stereocenters. The van der Waals surface area contributed by atoms with Gasteiger partial charge in [0.1, 0.15) is 0 Å². The summed E-state index contributed by atoms with van der Waals surface area (Å²) in [6.07, 6.45) is 2.55. The first-order valence-electron chi connectivity index (χ1n) is 4.29. The van der Waals surface area contributed by atoms with Crippen LogP contribution in [0, 0.1) is 5.92 Å². The maximum Gasteiger partial charge on any atom is 0.224 e. The molecule has 12 heavy (non-hydrogen) atoms. The normalized spacial score (nSPS) is 12.2. The molecule has 0 radical (unpaired) electrons. The SMILES string of the molecule is C=CCNC(=O)C(CC)CNC. The Labute approximate surface area is 74.2 Å². The Morgan fingerprint density at radius 3 is 2.75 bits per heavy atom. The van der Waals surface area contributed by atoms with Crippen molar-refractivity contribution in [1.29, 1.82) is 0 Å². The molecule has 0 saturated heterocycles. The van der Waals surface area contributed by atoms with Crippen LogP contribution in [-0.2, 0) is 4.79 Å². The van der Waals surface area contributed by atoms with Gasteiger partial charge in [-0.25, -0.2) is 0 Å². The van der Waals surface area contributed by atoms with E-state index in [1.165, 1.54) is 0 Å². The molecule has 0 aromatic rings. The first kappa shape index (κ1) is 11.2. The molecular formula is C9H18N2O. The summed E-state index contributed by atoms with van der Waals surface area (Å²) in [5.41, 5.74) is 0. The zero-order valence-electron chi connectivity index (χ0n) is 7.89. The van der Waals surface area contributed by atoms with Crippen molar-refractivity contribution in [3.8, 4) is 0 Å². The molecule has 0 aromatic heterocycles. The summed E-state index contributed by atoms with van der Waals surface area (Å²) in [6, 6.07) is 0. The van der Waals surface area contributed by atoms with Crippen molar-refractivity contribution in [1.82, 2.24) is 10.6 Å². The molecule has 0 aliphatic heterocycles. The molecule has 0 saturated carbocycles. The van der Waals surface area contributed by atoms with Gasteiger partial charge >= 0.3 is 0 Å². The van der Waals surface area contributed by atoms with Gasteiger partial charge in [-0.15, -0.1) is 6.58 Å². The molecule has 0 aliphatic carbocycles. The smallest absolute Gasteiger partial charge is 0.224 e. The van der Waals surface area contributed by atoms with E-state index < -0.39 is 0 Å². The van der Waals surface area contributed by atoms with Crippen molar-refractivity contribution < 1.29 is 4.79 Å². The Kier molecular flexibility index (Phi) is 6.38. The molecule has 0 rings (SSSR count). The van der Waals surface area contributed by atoms with Crippen molar-refractivity contribution in [3.63, 3.8) is 0 Å². The summed E-state index contributed by atoms with van der Waals surface area (Å²) in [6.45, 7) is 6.83. The van der Waals surface area contributed by atoms with Crippen molar-refractivity contribution in [2.75, 3.05) is 20.1 Å². The number of carbonyl (C=O) groups excluding carboxylic acids is 1. The Hall–Kier alpha value is -0.830. The topological polar surface area (TPSA) is 41.1 Å². The van der Waals surface area contributed by atoms with Gasteiger partial charge in [0.15, 0.2) is 0 Å². The Morgan fingerprint density at radius 1 is 1.67 bits per heavy atom. The zero-order valence-corrected chi connectivity index (χ0v) is 7.89. The fraction of sp³-hybridized carbons (Fsp3) is 0.667. The van der Waals surface area contributed by atoms with Crippen LogP contribution >= 0.6 is 0 Å². The molecule has 2 N–H and O–H groups in total. The third-order valence-corrected chi connectivity index (χ3v) is 1.73. The molecule has 0 fully saturated rings. The molecule has 70 valence electrons. The minimum atomic E-state index is 0.0787. The number of amides is 1. The highest BCUT2D eigenvalue weighted by molar-refractivity contribution is 5.78. The van der Waals surface area contributed by atoms with E-state index in [-0.39, 0.29) is 11.8 Å². The molecule has 0 bridgehead atoms. The van der Waals surface area contributed by atoms with Crippen LogP contribution in [0.3, 0.4) is 0 Å². The van der Waals surface area contributed by atoms with Crippen LogP contribution in [-0.4, -0.2) is 26.0 Å². The Bertz CT molecular complexity index is 145. The van der Waals surface area contributed by atoms with Crippen molar-refractivity contribution >= 4 is 5.91 Å². The van der Waals surface area contributed by atoms with Gasteiger partial charge in [-0.05, 0) is 13.5 Å². The third kappa shape index (κ3) is 4.13.